The fourth-order valence-electron chi connectivity index (χ4n) is 1.59. The van der Waals surface area contributed by atoms with Gasteiger partial charge >= 0.3 is 0 Å². The Labute approximate surface area is 118 Å². The number of rotatable bonds is 4. The topological polar surface area (TPSA) is 55.6 Å². The predicted octanol–water partition coefficient (Wildman–Crippen LogP) is 2.99. The third-order valence-electron chi connectivity index (χ3n) is 2.49. The highest BCUT2D eigenvalue weighted by Crippen LogP contribution is 2.20. The highest BCUT2D eigenvalue weighted by molar-refractivity contribution is 7.10. The van der Waals surface area contributed by atoms with Gasteiger partial charge in [0.1, 0.15) is 12.7 Å². The summed E-state index contributed by atoms with van der Waals surface area (Å²) in [5, 5.41) is 10.0. The van der Waals surface area contributed by atoms with Gasteiger partial charge in [-0.1, -0.05) is 11.6 Å². The summed E-state index contributed by atoms with van der Waals surface area (Å²) in [6, 6.07) is 5.80. The molecular weight excluding hydrogens is 282 g/mol. The number of pyridine rings is 1. The van der Waals surface area contributed by atoms with Gasteiger partial charge in [-0.05, 0) is 18.2 Å². The summed E-state index contributed by atoms with van der Waals surface area (Å²) < 4.78 is 1.61. The van der Waals surface area contributed by atoms with Crippen molar-refractivity contribution in [2.24, 2.45) is 0 Å². The summed E-state index contributed by atoms with van der Waals surface area (Å²) in [6.45, 7) is 0.738. The average Bonchev–Trinajstić information content (AvgIpc) is 3.08. The van der Waals surface area contributed by atoms with Crippen LogP contribution in [0, 0.1) is 0 Å². The minimum Gasteiger partial charge on any atom is -0.379 e. The van der Waals surface area contributed by atoms with Crippen LogP contribution in [-0.2, 0) is 6.54 Å². The van der Waals surface area contributed by atoms with Crippen molar-refractivity contribution in [3.8, 4) is 5.82 Å². The van der Waals surface area contributed by atoms with Crippen molar-refractivity contribution in [3.05, 3.63) is 52.3 Å². The molecule has 0 aromatic carbocycles. The van der Waals surface area contributed by atoms with Crippen molar-refractivity contribution >= 4 is 28.6 Å². The molecular formula is C12H10ClN5S. The van der Waals surface area contributed by atoms with E-state index in [1.807, 2.05) is 23.6 Å². The van der Waals surface area contributed by atoms with E-state index in [1.165, 1.54) is 11.2 Å². The zero-order chi connectivity index (χ0) is 13.1. The van der Waals surface area contributed by atoms with Crippen molar-refractivity contribution in [3.63, 3.8) is 0 Å². The first kappa shape index (κ1) is 12.1. The van der Waals surface area contributed by atoms with Crippen molar-refractivity contribution in [2.45, 2.75) is 6.54 Å². The maximum absolute atomic E-state index is 5.87. The molecule has 3 rings (SSSR count). The predicted molar refractivity (Wildman–Crippen MR) is 75.8 cm³/mol. The molecule has 0 saturated heterocycles. The molecule has 0 saturated carbocycles. The highest BCUT2D eigenvalue weighted by Gasteiger charge is 2.00. The number of anilines is 1. The van der Waals surface area contributed by atoms with Gasteiger partial charge in [-0.2, -0.15) is 5.10 Å². The summed E-state index contributed by atoms with van der Waals surface area (Å²) >= 11 is 7.51. The van der Waals surface area contributed by atoms with Gasteiger partial charge in [0.05, 0.1) is 16.9 Å². The van der Waals surface area contributed by atoms with Crippen LogP contribution in [0.3, 0.4) is 0 Å². The Balaban J connectivity index is 1.66. The number of nitrogens with one attached hydrogen (secondary N) is 1. The smallest absolute Gasteiger partial charge is 0.155 e. The average molecular weight is 292 g/mol. The van der Waals surface area contributed by atoms with Crippen LogP contribution in [0.25, 0.3) is 5.82 Å². The van der Waals surface area contributed by atoms with E-state index >= 15 is 0 Å². The van der Waals surface area contributed by atoms with Gasteiger partial charge in [0, 0.05) is 16.8 Å². The SMILES string of the molecule is Clc1csc(CNc2ccc(-n3cncn3)nc2)c1. The first-order valence-electron chi connectivity index (χ1n) is 5.59. The second kappa shape index (κ2) is 5.38. The molecule has 7 heteroatoms. The van der Waals surface area contributed by atoms with Gasteiger partial charge in [-0.25, -0.2) is 14.6 Å². The Morgan fingerprint density at radius 1 is 1.37 bits per heavy atom. The quantitative estimate of drug-likeness (QED) is 0.803. The Bertz CT molecular complexity index is 647. The standard InChI is InChI=1S/C12H10ClN5S/c13-9-3-11(19-6-9)5-15-10-1-2-12(16-4-10)18-8-14-7-17-18/h1-4,6-8,15H,5H2. The van der Waals surface area contributed by atoms with E-state index < -0.39 is 0 Å². The van der Waals surface area contributed by atoms with Crippen molar-refractivity contribution in [1.82, 2.24) is 19.7 Å². The zero-order valence-corrected chi connectivity index (χ0v) is 11.4. The first-order chi connectivity index (χ1) is 9.31. The van der Waals surface area contributed by atoms with Crippen LogP contribution in [0.1, 0.15) is 4.88 Å². The highest BCUT2D eigenvalue weighted by atomic mass is 35.5. The second-order valence-corrected chi connectivity index (χ2v) is 5.26. The van der Waals surface area contributed by atoms with Gasteiger partial charge in [0.15, 0.2) is 5.82 Å². The molecule has 19 heavy (non-hydrogen) atoms. The van der Waals surface area contributed by atoms with Crippen LogP contribution in [-0.4, -0.2) is 19.7 Å². The Morgan fingerprint density at radius 3 is 2.95 bits per heavy atom. The fourth-order valence-corrected chi connectivity index (χ4v) is 2.60. The lowest BCUT2D eigenvalue weighted by molar-refractivity contribution is 0.845. The zero-order valence-electron chi connectivity index (χ0n) is 9.82. The maximum atomic E-state index is 5.87. The van der Waals surface area contributed by atoms with Gasteiger partial charge in [0.2, 0.25) is 0 Å². The summed E-state index contributed by atoms with van der Waals surface area (Å²) in [5.41, 5.74) is 0.952. The second-order valence-electron chi connectivity index (χ2n) is 3.83. The number of hydrogen-bond donors (Lipinski definition) is 1. The third-order valence-corrected chi connectivity index (χ3v) is 3.77. The molecule has 3 aromatic rings. The van der Waals surface area contributed by atoms with Crippen LogP contribution in [0.2, 0.25) is 5.02 Å². The Morgan fingerprint density at radius 2 is 2.32 bits per heavy atom. The van der Waals surface area contributed by atoms with Gasteiger partial charge in [-0.15, -0.1) is 11.3 Å². The molecule has 0 aliphatic heterocycles. The minimum atomic E-state index is 0.738. The summed E-state index contributed by atoms with van der Waals surface area (Å²) in [7, 11) is 0. The Hall–Kier alpha value is -1.92. The van der Waals surface area contributed by atoms with E-state index in [4.69, 9.17) is 11.6 Å². The molecule has 0 radical (unpaired) electrons. The van der Waals surface area contributed by atoms with E-state index in [1.54, 1.807) is 28.5 Å². The molecule has 0 atom stereocenters. The molecule has 0 fully saturated rings. The molecule has 0 aliphatic carbocycles. The van der Waals surface area contributed by atoms with Crippen LogP contribution in [0.15, 0.2) is 42.4 Å². The number of thiophene rings is 1. The molecule has 1 N–H and O–H groups in total. The molecule has 0 aliphatic rings. The molecule has 3 aromatic heterocycles. The molecule has 0 amide bonds. The van der Waals surface area contributed by atoms with Crippen LogP contribution < -0.4 is 5.32 Å². The van der Waals surface area contributed by atoms with E-state index in [0.717, 1.165) is 23.1 Å². The van der Waals surface area contributed by atoms with E-state index in [2.05, 4.69) is 20.4 Å². The lowest BCUT2D eigenvalue weighted by Gasteiger charge is -2.05. The summed E-state index contributed by atoms with van der Waals surface area (Å²) in [6.07, 6.45) is 4.86. The lowest BCUT2D eigenvalue weighted by Crippen LogP contribution is -2.01. The van der Waals surface area contributed by atoms with Crippen LogP contribution >= 0.6 is 22.9 Å². The van der Waals surface area contributed by atoms with E-state index in [9.17, 15) is 0 Å². The normalized spacial score (nSPS) is 10.6. The molecule has 5 nitrogen and oxygen atoms in total. The molecule has 0 unspecified atom stereocenters. The molecule has 0 spiro atoms. The third kappa shape index (κ3) is 2.91. The van der Waals surface area contributed by atoms with Crippen molar-refractivity contribution in [2.75, 3.05) is 5.32 Å². The van der Waals surface area contributed by atoms with Gasteiger partial charge in [-0.3, -0.25) is 0 Å². The van der Waals surface area contributed by atoms with Crippen molar-refractivity contribution < 1.29 is 0 Å². The maximum Gasteiger partial charge on any atom is 0.155 e. The van der Waals surface area contributed by atoms with Crippen LogP contribution in [0.4, 0.5) is 5.69 Å². The Kier molecular flexibility index (Phi) is 3.43. The number of hydrogen-bond acceptors (Lipinski definition) is 5. The van der Waals surface area contributed by atoms with Gasteiger partial charge in [0.25, 0.3) is 0 Å². The molecule has 96 valence electrons. The number of nitrogens with zero attached hydrogens (tertiary/aromatic N) is 4. The first-order valence-corrected chi connectivity index (χ1v) is 6.85. The molecule has 0 bridgehead atoms. The monoisotopic (exact) mass is 291 g/mol. The largest absolute Gasteiger partial charge is 0.379 e. The van der Waals surface area contributed by atoms with E-state index in [-0.39, 0.29) is 0 Å². The fraction of sp³-hybridized carbons (Fsp3) is 0.0833. The summed E-state index contributed by atoms with van der Waals surface area (Å²) in [4.78, 5) is 9.38. The van der Waals surface area contributed by atoms with Crippen molar-refractivity contribution in [1.29, 1.82) is 0 Å². The minimum absolute atomic E-state index is 0.738. The number of halogens is 1. The van der Waals surface area contributed by atoms with E-state index in [0.29, 0.717) is 0 Å². The van der Waals surface area contributed by atoms with Crippen LogP contribution in [0.5, 0.6) is 0 Å². The molecule has 3 heterocycles. The lowest BCUT2D eigenvalue weighted by atomic mass is 10.4. The summed E-state index contributed by atoms with van der Waals surface area (Å²) in [5.74, 6) is 0.738. The number of aromatic nitrogens is 4. The van der Waals surface area contributed by atoms with Gasteiger partial charge < -0.3 is 5.32 Å².